The van der Waals surface area contributed by atoms with Gasteiger partial charge in [-0.25, -0.2) is 0 Å². The lowest BCUT2D eigenvalue weighted by molar-refractivity contribution is -0.137. The second-order valence-electron chi connectivity index (χ2n) is 4.73. The van der Waals surface area contributed by atoms with Crippen molar-refractivity contribution >= 4 is 5.78 Å². The van der Waals surface area contributed by atoms with E-state index in [2.05, 4.69) is 0 Å². The standard InChI is InChI=1S/C16H13F3O/c1-10-4-3-5-12(8-10)15(20)14-7-6-13(9-11(14)2)16(17,18)19/h3-9H,1-2H3. The zero-order valence-corrected chi connectivity index (χ0v) is 11.1. The molecule has 0 aliphatic heterocycles. The van der Waals surface area contributed by atoms with Gasteiger partial charge in [-0.3, -0.25) is 4.79 Å². The summed E-state index contributed by atoms with van der Waals surface area (Å²) in [5.41, 5.74) is 1.29. The summed E-state index contributed by atoms with van der Waals surface area (Å²) in [6, 6.07) is 10.2. The highest BCUT2D eigenvalue weighted by atomic mass is 19.4. The van der Waals surface area contributed by atoms with Gasteiger partial charge in [-0.2, -0.15) is 13.2 Å². The van der Waals surface area contributed by atoms with Crippen LogP contribution in [0.2, 0.25) is 0 Å². The van der Waals surface area contributed by atoms with Crippen LogP contribution >= 0.6 is 0 Å². The highest BCUT2D eigenvalue weighted by Crippen LogP contribution is 2.30. The summed E-state index contributed by atoms with van der Waals surface area (Å²) in [5.74, 6) is -0.264. The number of halogens is 3. The average Bonchev–Trinajstić information content (AvgIpc) is 2.36. The Bertz CT molecular complexity index is 657. The number of benzene rings is 2. The Morgan fingerprint density at radius 2 is 1.70 bits per heavy atom. The topological polar surface area (TPSA) is 17.1 Å². The Morgan fingerprint density at radius 3 is 2.25 bits per heavy atom. The maximum atomic E-state index is 12.6. The van der Waals surface area contributed by atoms with Crippen molar-refractivity contribution in [2.75, 3.05) is 0 Å². The number of aryl methyl sites for hydroxylation is 2. The third-order valence-corrected chi connectivity index (χ3v) is 3.08. The summed E-state index contributed by atoms with van der Waals surface area (Å²) >= 11 is 0. The lowest BCUT2D eigenvalue weighted by Crippen LogP contribution is -2.09. The Kier molecular flexibility index (Phi) is 3.66. The van der Waals surface area contributed by atoms with Gasteiger partial charge >= 0.3 is 6.18 Å². The average molecular weight is 278 g/mol. The molecule has 2 aromatic carbocycles. The van der Waals surface area contributed by atoms with Crippen LogP contribution in [0.5, 0.6) is 0 Å². The number of hydrogen-bond acceptors (Lipinski definition) is 1. The molecule has 0 heterocycles. The summed E-state index contributed by atoms with van der Waals surface area (Å²) in [7, 11) is 0. The summed E-state index contributed by atoms with van der Waals surface area (Å²) in [4.78, 5) is 12.3. The van der Waals surface area contributed by atoms with E-state index in [0.29, 0.717) is 16.7 Å². The van der Waals surface area contributed by atoms with Crippen LogP contribution in [-0.4, -0.2) is 5.78 Å². The summed E-state index contributed by atoms with van der Waals surface area (Å²) < 4.78 is 37.8. The van der Waals surface area contributed by atoms with Crippen LogP contribution in [0, 0.1) is 13.8 Å². The van der Waals surface area contributed by atoms with Crippen LogP contribution in [0.1, 0.15) is 32.6 Å². The van der Waals surface area contributed by atoms with Gasteiger partial charge < -0.3 is 0 Å². The van der Waals surface area contributed by atoms with E-state index in [4.69, 9.17) is 0 Å². The zero-order valence-electron chi connectivity index (χ0n) is 11.1. The van der Waals surface area contributed by atoms with Gasteiger partial charge in [0.05, 0.1) is 5.56 Å². The molecule has 0 radical (unpaired) electrons. The predicted molar refractivity (Wildman–Crippen MR) is 70.8 cm³/mol. The monoisotopic (exact) mass is 278 g/mol. The molecule has 2 rings (SSSR count). The van der Waals surface area contributed by atoms with Gasteiger partial charge in [0.25, 0.3) is 0 Å². The van der Waals surface area contributed by atoms with Crippen molar-refractivity contribution in [3.8, 4) is 0 Å². The number of rotatable bonds is 2. The van der Waals surface area contributed by atoms with Crippen LogP contribution in [0.15, 0.2) is 42.5 Å². The van der Waals surface area contributed by atoms with E-state index in [1.165, 1.54) is 13.0 Å². The Hall–Kier alpha value is -2.10. The molecule has 0 unspecified atom stereocenters. The van der Waals surface area contributed by atoms with Crippen LogP contribution in [0.25, 0.3) is 0 Å². The highest BCUT2D eigenvalue weighted by molar-refractivity contribution is 6.10. The predicted octanol–water partition coefficient (Wildman–Crippen LogP) is 4.55. The fourth-order valence-corrected chi connectivity index (χ4v) is 2.04. The maximum Gasteiger partial charge on any atom is 0.416 e. The molecule has 0 aromatic heterocycles. The zero-order chi connectivity index (χ0) is 14.9. The molecule has 0 atom stereocenters. The highest BCUT2D eigenvalue weighted by Gasteiger charge is 2.31. The molecular formula is C16H13F3O. The summed E-state index contributed by atoms with van der Waals surface area (Å²) in [6.07, 6.45) is -4.39. The molecule has 1 nitrogen and oxygen atoms in total. The first kappa shape index (κ1) is 14.3. The minimum Gasteiger partial charge on any atom is -0.289 e. The second kappa shape index (κ2) is 5.12. The normalized spacial score (nSPS) is 11.4. The van der Waals surface area contributed by atoms with Crippen LogP contribution in [-0.2, 0) is 6.18 Å². The fourth-order valence-electron chi connectivity index (χ4n) is 2.04. The van der Waals surface area contributed by atoms with Crippen molar-refractivity contribution in [2.24, 2.45) is 0 Å². The molecular weight excluding hydrogens is 265 g/mol. The minimum atomic E-state index is -4.39. The first-order valence-corrected chi connectivity index (χ1v) is 6.08. The Morgan fingerprint density at radius 1 is 1.00 bits per heavy atom. The van der Waals surface area contributed by atoms with Crippen molar-refractivity contribution in [3.63, 3.8) is 0 Å². The molecule has 0 fully saturated rings. The van der Waals surface area contributed by atoms with E-state index >= 15 is 0 Å². The van der Waals surface area contributed by atoms with Crippen molar-refractivity contribution in [3.05, 3.63) is 70.3 Å². The SMILES string of the molecule is Cc1cccc(C(=O)c2ccc(C(F)(F)F)cc2C)c1. The van der Waals surface area contributed by atoms with E-state index in [1.54, 1.807) is 18.2 Å². The molecule has 0 aliphatic carbocycles. The third kappa shape index (κ3) is 2.90. The largest absolute Gasteiger partial charge is 0.416 e. The van der Waals surface area contributed by atoms with Gasteiger partial charge in [-0.05, 0) is 37.6 Å². The van der Waals surface area contributed by atoms with E-state index in [1.807, 2.05) is 13.0 Å². The molecule has 0 aliphatic rings. The van der Waals surface area contributed by atoms with E-state index in [-0.39, 0.29) is 5.78 Å². The summed E-state index contributed by atoms with van der Waals surface area (Å²) in [6.45, 7) is 3.37. The molecule has 0 N–H and O–H groups in total. The first-order chi connectivity index (χ1) is 9.29. The van der Waals surface area contributed by atoms with E-state index in [0.717, 1.165) is 17.7 Å². The number of carbonyl (C=O) groups excluding carboxylic acids is 1. The van der Waals surface area contributed by atoms with Gasteiger partial charge in [-0.15, -0.1) is 0 Å². The Labute approximate surface area is 115 Å². The number of alkyl halides is 3. The van der Waals surface area contributed by atoms with Crippen molar-refractivity contribution in [1.29, 1.82) is 0 Å². The Balaban J connectivity index is 2.41. The lowest BCUT2D eigenvalue weighted by atomic mass is 9.96. The molecule has 0 spiro atoms. The molecule has 0 bridgehead atoms. The lowest BCUT2D eigenvalue weighted by Gasteiger charge is -2.10. The van der Waals surface area contributed by atoms with Gasteiger partial charge in [0.2, 0.25) is 0 Å². The minimum absolute atomic E-state index is 0.264. The molecule has 104 valence electrons. The quantitative estimate of drug-likeness (QED) is 0.736. The van der Waals surface area contributed by atoms with Crippen LogP contribution < -0.4 is 0 Å². The molecule has 0 amide bonds. The van der Waals surface area contributed by atoms with Crippen LogP contribution in [0.3, 0.4) is 0 Å². The van der Waals surface area contributed by atoms with Gasteiger partial charge in [0.1, 0.15) is 0 Å². The van der Waals surface area contributed by atoms with Gasteiger partial charge in [0.15, 0.2) is 5.78 Å². The van der Waals surface area contributed by atoms with Crippen LogP contribution in [0.4, 0.5) is 13.2 Å². The second-order valence-corrected chi connectivity index (χ2v) is 4.73. The number of carbonyl (C=O) groups is 1. The van der Waals surface area contributed by atoms with E-state index < -0.39 is 11.7 Å². The molecule has 4 heteroatoms. The smallest absolute Gasteiger partial charge is 0.289 e. The third-order valence-electron chi connectivity index (χ3n) is 3.08. The number of hydrogen-bond donors (Lipinski definition) is 0. The molecule has 2 aromatic rings. The summed E-state index contributed by atoms with van der Waals surface area (Å²) in [5, 5.41) is 0. The van der Waals surface area contributed by atoms with Gasteiger partial charge in [0, 0.05) is 11.1 Å². The van der Waals surface area contributed by atoms with E-state index in [9.17, 15) is 18.0 Å². The number of ketones is 1. The molecule has 0 saturated carbocycles. The van der Waals surface area contributed by atoms with Gasteiger partial charge in [-0.1, -0.05) is 29.8 Å². The first-order valence-electron chi connectivity index (χ1n) is 6.08. The maximum absolute atomic E-state index is 12.6. The van der Waals surface area contributed by atoms with Crippen molar-refractivity contribution in [1.82, 2.24) is 0 Å². The van der Waals surface area contributed by atoms with Crippen molar-refractivity contribution < 1.29 is 18.0 Å². The van der Waals surface area contributed by atoms with Crippen molar-refractivity contribution in [2.45, 2.75) is 20.0 Å². The molecule has 0 saturated heterocycles. The molecule has 20 heavy (non-hydrogen) atoms. The fraction of sp³-hybridized carbons (Fsp3) is 0.188.